The van der Waals surface area contributed by atoms with Crippen LogP contribution >= 0.6 is 0 Å². The zero-order chi connectivity index (χ0) is 18.4. The lowest BCUT2D eigenvalue weighted by Gasteiger charge is -2.28. The highest BCUT2D eigenvalue weighted by molar-refractivity contribution is 4.66. The van der Waals surface area contributed by atoms with Crippen molar-refractivity contribution in [2.75, 3.05) is 40.8 Å². The number of hydrogen-bond acceptors (Lipinski definition) is 3. The normalized spacial score (nSPS) is 14.3. The first-order valence-electron chi connectivity index (χ1n) is 9.68. The molecule has 2 atom stereocenters. The summed E-state index contributed by atoms with van der Waals surface area (Å²) in [5, 5.41) is 3.52. The van der Waals surface area contributed by atoms with Crippen LogP contribution in [-0.4, -0.2) is 62.7 Å². The highest BCUT2D eigenvalue weighted by atomic mass is 15.2. The topological polar surface area (TPSA) is 18.5 Å². The van der Waals surface area contributed by atoms with E-state index in [0.29, 0.717) is 12.1 Å². The lowest BCUT2D eigenvalue weighted by atomic mass is 10.1. The van der Waals surface area contributed by atoms with Gasteiger partial charge >= 0.3 is 0 Å². The molecule has 0 aromatic rings. The van der Waals surface area contributed by atoms with E-state index in [1.807, 2.05) is 0 Å². The average molecular weight is 330 g/mol. The van der Waals surface area contributed by atoms with Crippen molar-refractivity contribution in [3.05, 3.63) is 0 Å². The summed E-state index contributed by atoms with van der Waals surface area (Å²) < 4.78 is 0. The Morgan fingerprint density at radius 3 is 1.78 bits per heavy atom. The monoisotopic (exact) mass is 329 g/mol. The van der Waals surface area contributed by atoms with Gasteiger partial charge in [-0.3, -0.25) is 0 Å². The van der Waals surface area contributed by atoms with Gasteiger partial charge < -0.3 is 15.1 Å². The quantitative estimate of drug-likeness (QED) is 0.608. The Kier molecular flexibility index (Phi) is 16.8. The Morgan fingerprint density at radius 1 is 0.826 bits per heavy atom. The number of rotatable bonds is 11. The number of likely N-dealkylation sites (N-methyl/N-ethyl adjacent to an activating group) is 2. The van der Waals surface area contributed by atoms with Gasteiger partial charge in [0.05, 0.1) is 0 Å². The molecular weight excluding hydrogens is 282 g/mol. The van der Waals surface area contributed by atoms with Gasteiger partial charge in [-0.05, 0) is 59.8 Å². The van der Waals surface area contributed by atoms with Crippen molar-refractivity contribution in [2.45, 2.75) is 79.8 Å². The molecule has 0 spiro atoms. The lowest BCUT2D eigenvalue weighted by molar-refractivity contribution is 0.191. The molecule has 0 aromatic carbocycles. The van der Waals surface area contributed by atoms with E-state index in [0.717, 1.165) is 24.9 Å². The van der Waals surface area contributed by atoms with Crippen LogP contribution in [0.3, 0.4) is 0 Å². The zero-order valence-corrected chi connectivity index (χ0v) is 17.9. The maximum absolute atomic E-state index is 3.52. The second-order valence-electron chi connectivity index (χ2n) is 8.29. The molecule has 2 unspecified atom stereocenters. The van der Waals surface area contributed by atoms with Crippen molar-refractivity contribution < 1.29 is 0 Å². The predicted molar refractivity (Wildman–Crippen MR) is 107 cm³/mol. The van der Waals surface area contributed by atoms with E-state index < -0.39 is 0 Å². The molecule has 0 saturated carbocycles. The van der Waals surface area contributed by atoms with Crippen LogP contribution in [0.25, 0.3) is 0 Å². The molecule has 0 heterocycles. The summed E-state index contributed by atoms with van der Waals surface area (Å²) >= 11 is 0. The van der Waals surface area contributed by atoms with Crippen LogP contribution in [0.1, 0.15) is 67.7 Å². The molecule has 0 aromatic heterocycles. The van der Waals surface area contributed by atoms with Crippen molar-refractivity contribution in [3.63, 3.8) is 0 Å². The molecule has 3 nitrogen and oxygen atoms in total. The molecule has 0 fully saturated rings. The van der Waals surface area contributed by atoms with E-state index >= 15 is 0 Å². The van der Waals surface area contributed by atoms with E-state index in [1.165, 1.54) is 25.8 Å². The fraction of sp³-hybridized carbons (Fsp3) is 1.00. The third kappa shape index (κ3) is 19.8. The van der Waals surface area contributed by atoms with Crippen molar-refractivity contribution in [2.24, 2.45) is 11.8 Å². The van der Waals surface area contributed by atoms with Crippen molar-refractivity contribution >= 4 is 0 Å². The smallest absolute Gasteiger partial charge is 0.0191 e. The molecule has 23 heavy (non-hydrogen) atoms. The van der Waals surface area contributed by atoms with Crippen LogP contribution in [0.5, 0.6) is 0 Å². The lowest BCUT2D eigenvalue weighted by Crippen LogP contribution is -2.39. The molecule has 0 saturated heterocycles. The van der Waals surface area contributed by atoms with E-state index in [-0.39, 0.29) is 0 Å². The van der Waals surface area contributed by atoms with Gasteiger partial charge in [-0.2, -0.15) is 0 Å². The minimum absolute atomic E-state index is 0.655. The summed E-state index contributed by atoms with van der Waals surface area (Å²) in [5.41, 5.74) is 0. The van der Waals surface area contributed by atoms with Crippen LogP contribution in [0.4, 0.5) is 0 Å². The number of nitrogens with zero attached hydrogens (tertiary/aromatic N) is 2. The van der Waals surface area contributed by atoms with Crippen LogP contribution in [-0.2, 0) is 0 Å². The SMILES string of the molecule is CC(C)CN(C)C(C)CN(C)C.CCCCC(C)NCC(C)C. The highest BCUT2D eigenvalue weighted by Gasteiger charge is 2.10. The largest absolute Gasteiger partial charge is 0.314 e. The summed E-state index contributed by atoms with van der Waals surface area (Å²) in [6.07, 6.45) is 3.99. The van der Waals surface area contributed by atoms with Crippen LogP contribution in [0, 0.1) is 11.8 Å². The first kappa shape index (κ1) is 25.1. The Labute approximate surface area is 148 Å². The van der Waals surface area contributed by atoms with E-state index in [9.17, 15) is 0 Å². The number of unbranched alkanes of at least 4 members (excludes halogenated alkanes) is 1. The average Bonchev–Trinajstić information content (AvgIpc) is 2.42. The van der Waals surface area contributed by atoms with Crippen molar-refractivity contribution in [1.29, 1.82) is 0 Å². The zero-order valence-electron chi connectivity index (χ0n) is 17.9. The van der Waals surface area contributed by atoms with Gasteiger partial charge in [-0.15, -0.1) is 0 Å². The molecule has 1 N–H and O–H groups in total. The fourth-order valence-electron chi connectivity index (χ4n) is 2.47. The molecule has 0 aliphatic rings. The molecule has 0 aliphatic carbocycles. The molecule has 3 heteroatoms. The molecule has 0 bridgehead atoms. The number of hydrogen-bond donors (Lipinski definition) is 1. The second kappa shape index (κ2) is 15.4. The van der Waals surface area contributed by atoms with Crippen LogP contribution in [0.15, 0.2) is 0 Å². The Balaban J connectivity index is 0. The Morgan fingerprint density at radius 2 is 1.39 bits per heavy atom. The van der Waals surface area contributed by atoms with Crippen molar-refractivity contribution in [3.8, 4) is 0 Å². The second-order valence-corrected chi connectivity index (χ2v) is 8.29. The molecule has 0 radical (unpaired) electrons. The van der Waals surface area contributed by atoms with Gasteiger partial charge in [0.15, 0.2) is 0 Å². The summed E-state index contributed by atoms with van der Waals surface area (Å²) in [4.78, 5) is 4.66. The van der Waals surface area contributed by atoms with Gasteiger partial charge in [0, 0.05) is 25.2 Å². The molecule has 142 valence electrons. The first-order chi connectivity index (χ1) is 10.6. The van der Waals surface area contributed by atoms with Gasteiger partial charge in [-0.25, -0.2) is 0 Å². The summed E-state index contributed by atoms with van der Waals surface area (Å²) in [6, 6.07) is 1.36. The highest BCUT2D eigenvalue weighted by Crippen LogP contribution is 2.02. The van der Waals surface area contributed by atoms with Crippen molar-refractivity contribution in [1.82, 2.24) is 15.1 Å². The van der Waals surface area contributed by atoms with Gasteiger partial charge in [0.1, 0.15) is 0 Å². The predicted octanol–water partition coefficient (Wildman–Crippen LogP) is 4.34. The van der Waals surface area contributed by atoms with E-state index in [2.05, 4.69) is 84.7 Å². The summed E-state index contributed by atoms with van der Waals surface area (Å²) in [7, 11) is 6.45. The van der Waals surface area contributed by atoms with E-state index in [1.54, 1.807) is 0 Å². The molecule has 0 aliphatic heterocycles. The van der Waals surface area contributed by atoms with Crippen LogP contribution < -0.4 is 5.32 Å². The Hall–Kier alpha value is -0.120. The minimum Gasteiger partial charge on any atom is -0.314 e. The van der Waals surface area contributed by atoms with Gasteiger partial charge in [-0.1, -0.05) is 47.5 Å². The standard InChI is InChI=1S/C10H24N2.C10H23N/c1-9(2)7-12(6)10(3)8-11(4)5;1-5-6-7-10(4)11-8-9(2)3/h9-10H,7-8H2,1-6H3;9-11H,5-8H2,1-4H3. The minimum atomic E-state index is 0.655. The Bertz CT molecular complexity index is 225. The maximum atomic E-state index is 3.52. The summed E-state index contributed by atoms with van der Waals surface area (Å²) in [6.45, 7) is 19.3. The van der Waals surface area contributed by atoms with Gasteiger partial charge in [0.25, 0.3) is 0 Å². The summed E-state index contributed by atoms with van der Waals surface area (Å²) in [5.74, 6) is 1.54. The third-order valence-electron chi connectivity index (χ3n) is 3.90. The fourth-order valence-corrected chi connectivity index (χ4v) is 2.47. The molecule has 0 rings (SSSR count). The maximum Gasteiger partial charge on any atom is 0.0191 e. The van der Waals surface area contributed by atoms with Gasteiger partial charge in [0.2, 0.25) is 0 Å². The molecule has 0 amide bonds. The van der Waals surface area contributed by atoms with Crippen LogP contribution in [0.2, 0.25) is 0 Å². The third-order valence-corrected chi connectivity index (χ3v) is 3.90. The first-order valence-corrected chi connectivity index (χ1v) is 9.68. The number of nitrogens with one attached hydrogen (secondary N) is 1. The molecular formula is C20H47N3. The van der Waals surface area contributed by atoms with E-state index in [4.69, 9.17) is 0 Å².